The highest BCUT2D eigenvalue weighted by Crippen LogP contribution is 2.21. The van der Waals surface area contributed by atoms with E-state index in [4.69, 9.17) is 4.74 Å². The zero-order valence-corrected chi connectivity index (χ0v) is 62.8. The van der Waals surface area contributed by atoms with E-state index in [0.717, 1.165) is 51.4 Å². The molecule has 0 aromatic rings. The summed E-state index contributed by atoms with van der Waals surface area (Å²) in [6, 6.07) is -0.537. The van der Waals surface area contributed by atoms with Gasteiger partial charge in [-0.2, -0.15) is 0 Å². The molecule has 92 heavy (non-hydrogen) atoms. The molecule has 0 saturated heterocycles. The molecule has 0 aromatic carbocycles. The van der Waals surface area contributed by atoms with Crippen LogP contribution < -0.4 is 5.32 Å². The van der Waals surface area contributed by atoms with E-state index in [0.29, 0.717) is 25.9 Å². The Morgan fingerprint density at radius 1 is 0.304 bits per heavy atom. The van der Waals surface area contributed by atoms with Crippen LogP contribution in [0.25, 0.3) is 0 Å². The number of esters is 1. The maximum atomic E-state index is 12.6. The van der Waals surface area contributed by atoms with Crippen molar-refractivity contribution in [2.24, 2.45) is 0 Å². The Kier molecular flexibility index (Phi) is 80.3. The van der Waals surface area contributed by atoms with Crippen molar-refractivity contribution in [3.05, 3.63) is 24.3 Å². The Balaban J connectivity index is 3.30. The summed E-state index contributed by atoms with van der Waals surface area (Å²) in [5.74, 6) is -0.0118. The van der Waals surface area contributed by atoms with Gasteiger partial charge in [0.1, 0.15) is 0 Å². The van der Waals surface area contributed by atoms with Crippen LogP contribution in [0.1, 0.15) is 489 Å². The molecule has 0 rings (SSSR count). The van der Waals surface area contributed by atoms with Gasteiger partial charge in [0.05, 0.1) is 25.4 Å². The highest BCUT2D eigenvalue weighted by Gasteiger charge is 2.20. The summed E-state index contributed by atoms with van der Waals surface area (Å²) in [4.78, 5) is 24.7. The lowest BCUT2D eigenvalue weighted by atomic mass is 10.0. The van der Waals surface area contributed by atoms with Crippen molar-refractivity contribution in [2.45, 2.75) is 501 Å². The van der Waals surface area contributed by atoms with Gasteiger partial charge < -0.3 is 20.3 Å². The lowest BCUT2D eigenvalue weighted by Crippen LogP contribution is -2.45. The van der Waals surface area contributed by atoms with Crippen molar-refractivity contribution >= 4 is 11.9 Å². The van der Waals surface area contributed by atoms with Gasteiger partial charge in [-0.3, -0.25) is 9.59 Å². The maximum Gasteiger partial charge on any atom is 0.305 e. The number of hydrogen-bond donors (Lipinski definition) is 3. The normalized spacial score (nSPS) is 12.5. The zero-order valence-electron chi connectivity index (χ0n) is 62.8. The van der Waals surface area contributed by atoms with E-state index in [9.17, 15) is 19.8 Å². The Hall–Kier alpha value is -1.66. The molecule has 0 aliphatic rings. The van der Waals surface area contributed by atoms with Crippen LogP contribution in [-0.2, 0) is 14.3 Å². The number of carbonyl (C=O) groups excluding carboxylic acids is 2. The first kappa shape index (κ1) is 90.3. The molecule has 0 saturated carbocycles. The second-order valence-corrected chi connectivity index (χ2v) is 29.5. The molecule has 2 atom stereocenters. The second-order valence-electron chi connectivity index (χ2n) is 29.5. The van der Waals surface area contributed by atoms with Crippen LogP contribution in [0.15, 0.2) is 24.3 Å². The highest BCUT2D eigenvalue weighted by molar-refractivity contribution is 5.76. The molecule has 0 spiro atoms. The van der Waals surface area contributed by atoms with E-state index in [1.807, 2.05) is 0 Å². The highest BCUT2D eigenvalue weighted by atomic mass is 16.5. The number of unbranched alkanes of at least 4 members (excludes halogenated alkanes) is 66. The van der Waals surface area contributed by atoms with E-state index >= 15 is 0 Å². The molecule has 0 aliphatic heterocycles. The molecule has 2 unspecified atom stereocenters. The van der Waals surface area contributed by atoms with Crippen molar-refractivity contribution in [1.29, 1.82) is 0 Å². The first-order valence-corrected chi connectivity index (χ1v) is 42.6. The molecule has 0 heterocycles. The molecule has 0 fully saturated rings. The minimum Gasteiger partial charge on any atom is -0.466 e. The fraction of sp³-hybridized carbons (Fsp3) is 0.930. The third kappa shape index (κ3) is 77.3. The van der Waals surface area contributed by atoms with Gasteiger partial charge in [0.2, 0.25) is 5.91 Å². The molecule has 3 N–H and O–H groups in total. The number of hydrogen-bond acceptors (Lipinski definition) is 5. The number of rotatable bonds is 81. The summed E-state index contributed by atoms with van der Waals surface area (Å²) in [7, 11) is 0. The first-order chi connectivity index (χ1) is 45.5. The van der Waals surface area contributed by atoms with Crippen molar-refractivity contribution in [3.8, 4) is 0 Å². The summed E-state index contributed by atoms with van der Waals surface area (Å²) in [6.45, 7) is 4.99. The first-order valence-electron chi connectivity index (χ1n) is 42.6. The number of carbonyl (C=O) groups is 2. The van der Waals surface area contributed by atoms with Crippen molar-refractivity contribution < 1.29 is 24.5 Å². The summed E-state index contributed by atoms with van der Waals surface area (Å²) in [5, 5.41) is 23.5. The van der Waals surface area contributed by atoms with Gasteiger partial charge in [-0.1, -0.05) is 443 Å². The Labute approximate surface area is 577 Å². The van der Waals surface area contributed by atoms with E-state index in [2.05, 4.69) is 43.5 Å². The predicted molar refractivity (Wildman–Crippen MR) is 407 cm³/mol. The fourth-order valence-corrected chi connectivity index (χ4v) is 13.8. The van der Waals surface area contributed by atoms with Crippen LogP contribution in [0, 0.1) is 0 Å². The number of aliphatic hydroxyl groups is 2. The number of nitrogens with one attached hydrogen (secondary N) is 1. The molecule has 0 bridgehead atoms. The van der Waals surface area contributed by atoms with Crippen LogP contribution in [0.4, 0.5) is 0 Å². The Morgan fingerprint density at radius 3 is 0.837 bits per heavy atom. The maximum absolute atomic E-state index is 12.6. The number of ether oxygens (including phenoxy) is 1. The fourth-order valence-electron chi connectivity index (χ4n) is 13.8. The molecule has 1 amide bonds. The standard InChI is InChI=1S/C86H167NO5/c1-3-5-7-9-11-13-15-17-19-21-22-44-47-50-54-58-62-66-70-74-78-84(89)83(82-88)87-85(90)79-75-71-67-63-59-55-51-48-45-42-40-38-36-34-32-30-28-26-24-23-25-27-29-31-33-35-37-39-41-43-46-49-53-57-61-65-69-73-77-81-92-86(91)80-76-72-68-64-60-56-52-20-18-16-14-12-10-8-6-4-2/h14,16,20,52,83-84,88-89H,3-13,15,17-19,21-51,53-82H2,1-2H3,(H,87,90)/b16-14-,52-20-. The summed E-state index contributed by atoms with van der Waals surface area (Å²) >= 11 is 0. The van der Waals surface area contributed by atoms with Crippen molar-refractivity contribution in [3.63, 3.8) is 0 Å². The quantitative estimate of drug-likeness (QED) is 0.0320. The summed E-state index contributed by atoms with van der Waals surface area (Å²) in [5.41, 5.74) is 0. The third-order valence-corrected chi connectivity index (χ3v) is 20.3. The van der Waals surface area contributed by atoms with Gasteiger partial charge in [-0.05, 0) is 57.8 Å². The van der Waals surface area contributed by atoms with Crippen molar-refractivity contribution in [1.82, 2.24) is 5.32 Å². The average molecular weight is 1300 g/mol. The molecule has 6 nitrogen and oxygen atoms in total. The molecule has 0 aromatic heterocycles. The molecular weight excluding hydrogens is 1130 g/mol. The van der Waals surface area contributed by atoms with Crippen LogP contribution >= 0.6 is 0 Å². The largest absolute Gasteiger partial charge is 0.466 e. The molecule has 0 aliphatic carbocycles. The lowest BCUT2D eigenvalue weighted by molar-refractivity contribution is -0.143. The molecule has 0 radical (unpaired) electrons. The molecular formula is C86H167NO5. The van der Waals surface area contributed by atoms with Gasteiger partial charge >= 0.3 is 5.97 Å². The van der Waals surface area contributed by atoms with Crippen molar-refractivity contribution in [2.75, 3.05) is 13.2 Å². The average Bonchev–Trinajstić information content (AvgIpc) is 3.57. The summed E-state index contributed by atoms with van der Waals surface area (Å²) in [6.07, 6.45) is 106. The topological polar surface area (TPSA) is 95.9 Å². The van der Waals surface area contributed by atoms with Crippen LogP contribution in [0.3, 0.4) is 0 Å². The lowest BCUT2D eigenvalue weighted by Gasteiger charge is -2.22. The number of amides is 1. The minimum atomic E-state index is -0.661. The zero-order chi connectivity index (χ0) is 66.3. The van der Waals surface area contributed by atoms with E-state index in [1.54, 1.807) is 0 Å². The number of allylic oxidation sites excluding steroid dienone is 4. The predicted octanol–water partition coefficient (Wildman–Crippen LogP) is 28.4. The molecule has 6 heteroatoms. The number of aliphatic hydroxyl groups excluding tert-OH is 2. The van der Waals surface area contributed by atoms with E-state index in [-0.39, 0.29) is 18.5 Å². The third-order valence-electron chi connectivity index (χ3n) is 20.3. The van der Waals surface area contributed by atoms with Crippen LogP contribution in [-0.4, -0.2) is 47.4 Å². The monoisotopic (exact) mass is 1290 g/mol. The Morgan fingerprint density at radius 2 is 0.543 bits per heavy atom. The van der Waals surface area contributed by atoms with Crippen LogP contribution in [0.5, 0.6) is 0 Å². The summed E-state index contributed by atoms with van der Waals surface area (Å²) < 4.78 is 5.50. The van der Waals surface area contributed by atoms with Gasteiger partial charge in [-0.15, -0.1) is 0 Å². The van der Waals surface area contributed by atoms with E-state index in [1.165, 1.54) is 405 Å². The SMILES string of the molecule is CCCCCC/C=C\C/C=C\CCCCCCCC(=O)OCCCCCCCCCCCCCCCCCCCCCCCCCCCCCCCCCCCCCCCCCC(=O)NC(CO)C(O)CCCCCCCCCCCCCCCCCCCCCC. The van der Waals surface area contributed by atoms with Gasteiger partial charge in [0, 0.05) is 12.8 Å². The van der Waals surface area contributed by atoms with Crippen LogP contribution in [0.2, 0.25) is 0 Å². The second kappa shape index (κ2) is 81.8. The van der Waals surface area contributed by atoms with Gasteiger partial charge in [0.25, 0.3) is 0 Å². The smallest absolute Gasteiger partial charge is 0.305 e. The minimum absolute atomic E-state index is 0.0115. The Bertz CT molecular complexity index is 1450. The van der Waals surface area contributed by atoms with Gasteiger partial charge in [0.15, 0.2) is 0 Å². The molecule has 546 valence electrons. The van der Waals surface area contributed by atoms with Gasteiger partial charge in [-0.25, -0.2) is 0 Å². The van der Waals surface area contributed by atoms with E-state index < -0.39 is 12.1 Å².